The summed E-state index contributed by atoms with van der Waals surface area (Å²) in [5, 5.41) is 0. The number of aryl methyl sites for hydroxylation is 1. The van der Waals surface area contributed by atoms with Crippen molar-refractivity contribution in [3.8, 4) is 5.75 Å². The molecule has 0 heterocycles. The molecule has 1 aliphatic rings. The molecular formula is C18H17BrO2. The van der Waals surface area contributed by atoms with Crippen molar-refractivity contribution in [2.24, 2.45) is 0 Å². The first-order valence-electron chi connectivity index (χ1n) is 7.16. The van der Waals surface area contributed by atoms with Gasteiger partial charge in [0.1, 0.15) is 5.75 Å². The molecule has 0 bridgehead atoms. The summed E-state index contributed by atoms with van der Waals surface area (Å²) in [7, 11) is 1.63. The van der Waals surface area contributed by atoms with Crippen molar-refractivity contribution < 1.29 is 9.53 Å². The Kier molecular flexibility index (Phi) is 4.11. The molecule has 3 heteroatoms. The molecule has 0 radical (unpaired) electrons. The molecule has 0 saturated heterocycles. The highest BCUT2D eigenvalue weighted by atomic mass is 79.9. The van der Waals surface area contributed by atoms with Gasteiger partial charge in [-0.15, -0.1) is 0 Å². The van der Waals surface area contributed by atoms with E-state index in [4.69, 9.17) is 4.74 Å². The van der Waals surface area contributed by atoms with Crippen LogP contribution in [0.4, 0.5) is 0 Å². The molecule has 108 valence electrons. The normalized spacial score (nSPS) is 17.1. The minimum atomic E-state index is -0.0281. The second-order valence-corrected chi connectivity index (χ2v) is 6.21. The molecule has 2 aromatic rings. The van der Waals surface area contributed by atoms with Gasteiger partial charge in [0, 0.05) is 16.0 Å². The quantitative estimate of drug-likeness (QED) is 0.750. The first kappa shape index (κ1) is 14.3. The molecule has 0 fully saturated rings. The van der Waals surface area contributed by atoms with Gasteiger partial charge in [-0.25, -0.2) is 0 Å². The maximum absolute atomic E-state index is 12.9. The average molecular weight is 345 g/mol. The third kappa shape index (κ3) is 2.75. The molecule has 0 N–H and O–H groups in total. The van der Waals surface area contributed by atoms with Crippen molar-refractivity contribution >= 4 is 21.7 Å². The van der Waals surface area contributed by atoms with Crippen LogP contribution in [0.15, 0.2) is 46.9 Å². The van der Waals surface area contributed by atoms with Gasteiger partial charge in [0.25, 0.3) is 0 Å². The van der Waals surface area contributed by atoms with Crippen molar-refractivity contribution in [2.45, 2.75) is 25.2 Å². The van der Waals surface area contributed by atoms with Crippen LogP contribution in [-0.2, 0) is 6.42 Å². The van der Waals surface area contributed by atoms with E-state index in [0.29, 0.717) is 0 Å². The molecule has 3 rings (SSSR count). The first-order valence-corrected chi connectivity index (χ1v) is 7.95. The van der Waals surface area contributed by atoms with Crippen LogP contribution in [0.25, 0.3) is 0 Å². The molecular weight excluding hydrogens is 328 g/mol. The van der Waals surface area contributed by atoms with E-state index < -0.39 is 0 Å². The van der Waals surface area contributed by atoms with Crippen LogP contribution in [0.2, 0.25) is 0 Å². The van der Waals surface area contributed by atoms with E-state index in [2.05, 4.69) is 34.1 Å². The molecule has 0 aromatic heterocycles. The molecule has 0 spiro atoms. The summed E-state index contributed by atoms with van der Waals surface area (Å²) in [6.07, 6.45) is 3.07. The fourth-order valence-electron chi connectivity index (χ4n) is 3.04. The lowest BCUT2D eigenvalue weighted by molar-refractivity contribution is 0.0950. The van der Waals surface area contributed by atoms with Crippen molar-refractivity contribution in [3.63, 3.8) is 0 Å². The Labute approximate surface area is 133 Å². The van der Waals surface area contributed by atoms with Crippen LogP contribution in [0.1, 0.15) is 40.2 Å². The number of ketones is 1. The standard InChI is InChI=1S/C18H17BrO2/c1-21-13-9-10-16(17(19)11-13)18(20)15-8-4-6-12-5-2-3-7-14(12)15/h2-3,5,7,9-11,15H,4,6,8H2,1H3. The average Bonchev–Trinajstić information content (AvgIpc) is 2.53. The minimum absolute atomic E-state index is 0.0281. The summed E-state index contributed by atoms with van der Waals surface area (Å²) >= 11 is 3.49. The Morgan fingerprint density at radius 1 is 1.24 bits per heavy atom. The van der Waals surface area contributed by atoms with Crippen LogP contribution in [-0.4, -0.2) is 12.9 Å². The van der Waals surface area contributed by atoms with Gasteiger partial charge in [-0.2, -0.15) is 0 Å². The van der Waals surface area contributed by atoms with Gasteiger partial charge in [-0.05, 0) is 64.5 Å². The Morgan fingerprint density at radius 3 is 2.81 bits per heavy atom. The van der Waals surface area contributed by atoms with Crippen LogP contribution in [0.3, 0.4) is 0 Å². The van der Waals surface area contributed by atoms with E-state index in [9.17, 15) is 4.79 Å². The summed E-state index contributed by atoms with van der Waals surface area (Å²) in [6, 6.07) is 13.8. The molecule has 21 heavy (non-hydrogen) atoms. The number of hydrogen-bond acceptors (Lipinski definition) is 2. The predicted octanol–water partition coefficient (Wildman–Crippen LogP) is 4.76. The molecule has 0 saturated carbocycles. The maximum Gasteiger partial charge on any atom is 0.171 e. The summed E-state index contributed by atoms with van der Waals surface area (Å²) in [5.74, 6) is 0.916. The van der Waals surface area contributed by atoms with E-state index in [0.717, 1.165) is 35.0 Å². The van der Waals surface area contributed by atoms with E-state index in [1.807, 2.05) is 24.3 Å². The molecule has 0 amide bonds. The van der Waals surface area contributed by atoms with Crippen LogP contribution in [0, 0.1) is 0 Å². The Balaban J connectivity index is 1.97. The number of ether oxygens (including phenoxy) is 1. The van der Waals surface area contributed by atoms with Crippen molar-refractivity contribution in [3.05, 3.63) is 63.6 Å². The zero-order chi connectivity index (χ0) is 14.8. The number of fused-ring (bicyclic) bond motifs is 1. The molecule has 0 aliphatic heterocycles. The van der Waals surface area contributed by atoms with Gasteiger partial charge in [0.15, 0.2) is 5.78 Å². The van der Waals surface area contributed by atoms with Gasteiger partial charge in [0.2, 0.25) is 0 Å². The molecule has 1 atom stereocenters. The van der Waals surface area contributed by atoms with Gasteiger partial charge >= 0.3 is 0 Å². The molecule has 1 aliphatic carbocycles. The van der Waals surface area contributed by atoms with Gasteiger partial charge in [-0.1, -0.05) is 24.3 Å². The largest absolute Gasteiger partial charge is 0.497 e. The number of methoxy groups -OCH3 is 1. The van der Waals surface area contributed by atoms with Crippen LogP contribution >= 0.6 is 15.9 Å². The zero-order valence-electron chi connectivity index (χ0n) is 11.9. The number of halogens is 1. The predicted molar refractivity (Wildman–Crippen MR) is 87.1 cm³/mol. The SMILES string of the molecule is COc1ccc(C(=O)C2CCCc3ccccc32)c(Br)c1. The van der Waals surface area contributed by atoms with E-state index in [-0.39, 0.29) is 11.7 Å². The number of carbonyl (C=O) groups is 1. The fourth-order valence-corrected chi connectivity index (χ4v) is 3.59. The minimum Gasteiger partial charge on any atom is -0.497 e. The van der Waals surface area contributed by atoms with Gasteiger partial charge < -0.3 is 4.74 Å². The highest BCUT2D eigenvalue weighted by Crippen LogP contribution is 2.36. The van der Waals surface area contributed by atoms with Crippen LogP contribution < -0.4 is 4.74 Å². The third-order valence-electron chi connectivity index (χ3n) is 4.13. The fraction of sp³-hybridized carbons (Fsp3) is 0.278. The monoisotopic (exact) mass is 344 g/mol. The second-order valence-electron chi connectivity index (χ2n) is 5.35. The number of rotatable bonds is 3. The summed E-state index contributed by atoms with van der Waals surface area (Å²) < 4.78 is 5.99. The number of benzene rings is 2. The number of hydrogen-bond donors (Lipinski definition) is 0. The second kappa shape index (κ2) is 6.02. The van der Waals surface area contributed by atoms with Crippen molar-refractivity contribution in [1.29, 1.82) is 0 Å². The van der Waals surface area contributed by atoms with E-state index in [1.54, 1.807) is 7.11 Å². The third-order valence-corrected chi connectivity index (χ3v) is 4.78. The molecule has 2 aromatic carbocycles. The lowest BCUT2D eigenvalue weighted by atomic mass is 9.79. The number of carbonyl (C=O) groups excluding carboxylic acids is 1. The van der Waals surface area contributed by atoms with E-state index >= 15 is 0 Å². The van der Waals surface area contributed by atoms with E-state index in [1.165, 1.54) is 11.1 Å². The Hall–Kier alpha value is -1.61. The highest BCUT2D eigenvalue weighted by Gasteiger charge is 2.28. The Bertz CT molecular complexity index is 679. The van der Waals surface area contributed by atoms with Gasteiger partial charge in [-0.3, -0.25) is 4.79 Å². The first-order chi connectivity index (χ1) is 10.2. The summed E-state index contributed by atoms with van der Waals surface area (Å²) in [4.78, 5) is 12.9. The topological polar surface area (TPSA) is 26.3 Å². The van der Waals surface area contributed by atoms with Crippen molar-refractivity contribution in [2.75, 3.05) is 7.11 Å². The number of Topliss-reactive ketones (excluding diaryl/α,β-unsaturated/α-hetero) is 1. The smallest absolute Gasteiger partial charge is 0.171 e. The van der Waals surface area contributed by atoms with Crippen molar-refractivity contribution in [1.82, 2.24) is 0 Å². The maximum atomic E-state index is 12.9. The molecule has 2 nitrogen and oxygen atoms in total. The van der Waals surface area contributed by atoms with Gasteiger partial charge in [0.05, 0.1) is 7.11 Å². The molecule has 1 unspecified atom stereocenters. The summed E-state index contributed by atoms with van der Waals surface area (Å²) in [5.41, 5.74) is 3.24. The lowest BCUT2D eigenvalue weighted by Gasteiger charge is -2.24. The Morgan fingerprint density at radius 2 is 2.05 bits per heavy atom. The lowest BCUT2D eigenvalue weighted by Crippen LogP contribution is -2.19. The van der Waals surface area contributed by atoms with Crippen LogP contribution in [0.5, 0.6) is 5.75 Å². The summed E-state index contributed by atoms with van der Waals surface area (Å²) in [6.45, 7) is 0. The highest BCUT2D eigenvalue weighted by molar-refractivity contribution is 9.10. The zero-order valence-corrected chi connectivity index (χ0v) is 13.5.